The van der Waals surface area contributed by atoms with E-state index in [1.165, 1.54) is 0 Å². The molecule has 1 amide bonds. The van der Waals surface area contributed by atoms with E-state index in [0.717, 1.165) is 42.3 Å². The van der Waals surface area contributed by atoms with Gasteiger partial charge in [0.2, 0.25) is 5.91 Å². The lowest BCUT2D eigenvalue weighted by molar-refractivity contribution is -0.134. The first-order valence-electron chi connectivity index (χ1n) is 9.52. The summed E-state index contributed by atoms with van der Waals surface area (Å²) in [6.07, 6.45) is 8.25. The molecular formula is C21H24N4O2. The smallest absolute Gasteiger partial charge is 0.316 e. The normalized spacial score (nSPS) is 17.2. The zero-order chi connectivity index (χ0) is 18.6. The summed E-state index contributed by atoms with van der Waals surface area (Å²) < 4.78 is 7.93. The number of likely N-dealkylation sites (tertiary alicyclic amines) is 1. The van der Waals surface area contributed by atoms with E-state index in [9.17, 15) is 4.79 Å². The number of benzene rings is 1. The summed E-state index contributed by atoms with van der Waals surface area (Å²) in [6.45, 7) is 3.77. The summed E-state index contributed by atoms with van der Waals surface area (Å²) >= 11 is 0. The van der Waals surface area contributed by atoms with Crippen molar-refractivity contribution in [2.75, 3.05) is 13.1 Å². The van der Waals surface area contributed by atoms with Gasteiger partial charge < -0.3 is 14.2 Å². The summed E-state index contributed by atoms with van der Waals surface area (Å²) in [5.74, 6) is 0.118. The predicted molar refractivity (Wildman–Crippen MR) is 104 cm³/mol. The molecule has 0 N–H and O–H groups in total. The van der Waals surface area contributed by atoms with Crippen molar-refractivity contribution in [2.45, 2.75) is 38.8 Å². The summed E-state index contributed by atoms with van der Waals surface area (Å²) in [6, 6.07) is 10.5. The van der Waals surface area contributed by atoms with Gasteiger partial charge >= 0.3 is 6.01 Å². The number of ether oxygens (including phenoxy) is 1. The molecule has 4 rings (SSSR count). The zero-order valence-electron chi connectivity index (χ0n) is 15.5. The van der Waals surface area contributed by atoms with Gasteiger partial charge in [-0.15, -0.1) is 0 Å². The second kappa shape index (κ2) is 7.78. The molecule has 6 heteroatoms. The van der Waals surface area contributed by atoms with E-state index in [2.05, 4.69) is 23.0 Å². The molecule has 2 aromatic heterocycles. The Morgan fingerprint density at radius 3 is 2.85 bits per heavy atom. The van der Waals surface area contributed by atoms with Gasteiger partial charge in [-0.25, -0.2) is 9.97 Å². The fourth-order valence-corrected chi connectivity index (χ4v) is 3.52. The molecular weight excluding hydrogens is 340 g/mol. The van der Waals surface area contributed by atoms with Crippen molar-refractivity contribution in [3.05, 3.63) is 54.5 Å². The number of carbonyl (C=O) groups excluding carboxylic acids is 1. The SMILES string of the molecule is CCc1cnc(OC2CCCN(C(=O)Cn3ccc4ccccc43)C2)nc1. The Balaban J connectivity index is 1.39. The van der Waals surface area contributed by atoms with Crippen LogP contribution in [0.1, 0.15) is 25.3 Å². The molecule has 0 spiro atoms. The molecule has 3 aromatic rings. The van der Waals surface area contributed by atoms with Crippen LogP contribution in [0.25, 0.3) is 10.9 Å². The van der Waals surface area contributed by atoms with Crippen molar-refractivity contribution < 1.29 is 9.53 Å². The number of rotatable bonds is 5. The Morgan fingerprint density at radius 1 is 1.22 bits per heavy atom. The fourth-order valence-electron chi connectivity index (χ4n) is 3.52. The molecule has 6 nitrogen and oxygen atoms in total. The van der Waals surface area contributed by atoms with Crippen LogP contribution in [0.15, 0.2) is 48.9 Å². The second-order valence-corrected chi connectivity index (χ2v) is 6.95. The van der Waals surface area contributed by atoms with Crippen molar-refractivity contribution in [3.63, 3.8) is 0 Å². The van der Waals surface area contributed by atoms with Crippen LogP contribution in [0.2, 0.25) is 0 Å². The van der Waals surface area contributed by atoms with Crippen LogP contribution in [-0.2, 0) is 17.8 Å². The van der Waals surface area contributed by atoms with E-state index >= 15 is 0 Å². The zero-order valence-corrected chi connectivity index (χ0v) is 15.5. The van der Waals surface area contributed by atoms with Gasteiger partial charge in [0.1, 0.15) is 12.6 Å². The Morgan fingerprint density at radius 2 is 2.04 bits per heavy atom. The van der Waals surface area contributed by atoms with Crippen LogP contribution in [0, 0.1) is 0 Å². The van der Waals surface area contributed by atoms with Gasteiger partial charge in [0, 0.05) is 30.7 Å². The third kappa shape index (κ3) is 3.94. The number of amides is 1. The highest BCUT2D eigenvalue weighted by Crippen LogP contribution is 2.18. The first-order chi connectivity index (χ1) is 13.2. The number of hydrogen-bond donors (Lipinski definition) is 0. The van der Waals surface area contributed by atoms with E-state index < -0.39 is 0 Å². The largest absolute Gasteiger partial charge is 0.458 e. The molecule has 1 fully saturated rings. The lowest BCUT2D eigenvalue weighted by Gasteiger charge is -2.32. The van der Waals surface area contributed by atoms with Gasteiger partial charge in [-0.3, -0.25) is 4.79 Å². The summed E-state index contributed by atoms with van der Waals surface area (Å²) in [5, 5.41) is 1.15. The first kappa shape index (κ1) is 17.5. The fraction of sp³-hybridized carbons (Fsp3) is 0.381. The Bertz CT molecular complexity index is 919. The van der Waals surface area contributed by atoms with Gasteiger partial charge in [-0.1, -0.05) is 25.1 Å². The van der Waals surface area contributed by atoms with Gasteiger partial charge in [0.05, 0.1) is 6.54 Å². The number of carbonyl (C=O) groups is 1. The molecule has 27 heavy (non-hydrogen) atoms. The minimum atomic E-state index is -0.0587. The number of fused-ring (bicyclic) bond motifs is 1. The van der Waals surface area contributed by atoms with E-state index in [4.69, 9.17) is 4.74 Å². The van der Waals surface area contributed by atoms with Crippen molar-refractivity contribution in [3.8, 4) is 6.01 Å². The summed E-state index contributed by atoms with van der Waals surface area (Å²) in [5.41, 5.74) is 2.17. The minimum Gasteiger partial charge on any atom is -0.458 e. The van der Waals surface area contributed by atoms with Crippen molar-refractivity contribution in [2.24, 2.45) is 0 Å². The third-order valence-corrected chi connectivity index (χ3v) is 5.08. The van der Waals surface area contributed by atoms with Crippen LogP contribution in [0.5, 0.6) is 6.01 Å². The van der Waals surface area contributed by atoms with E-state index in [1.54, 1.807) is 12.4 Å². The highest BCUT2D eigenvalue weighted by molar-refractivity contribution is 5.83. The molecule has 1 aliphatic heterocycles. The molecule has 0 aliphatic carbocycles. The molecule has 1 unspecified atom stereocenters. The lowest BCUT2D eigenvalue weighted by Crippen LogP contribution is -2.45. The minimum absolute atomic E-state index is 0.0587. The molecule has 0 bridgehead atoms. The molecule has 1 aliphatic rings. The number of aromatic nitrogens is 3. The summed E-state index contributed by atoms with van der Waals surface area (Å²) in [7, 11) is 0. The Labute approximate surface area is 158 Å². The maximum atomic E-state index is 12.8. The van der Waals surface area contributed by atoms with Crippen LogP contribution < -0.4 is 4.74 Å². The van der Waals surface area contributed by atoms with E-state index in [0.29, 0.717) is 19.1 Å². The molecule has 1 atom stereocenters. The molecule has 140 valence electrons. The summed E-state index contributed by atoms with van der Waals surface area (Å²) in [4.78, 5) is 23.2. The van der Waals surface area contributed by atoms with Crippen LogP contribution >= 0.6 is 0 Å². The van der Waals surface area contributed by atoms with E-state index in [1.807, 2.05) is 39.9 Å². The molecule has 1 aromatic carbocycles. The number of piperidine rings is 1. The number of nitrogens with zero attached hydrogens (tertiary/aromatic N) is 4. The van der Waals surface area contributed by atoms with Crippen molar-refractivity contribution >= 4 is 16.8 Å². The number of para-hydroxylation sites is 1. The van der Waals surface area contributed by atoms with Gasteiger partial charge in [0.15, 0.2) is 0 Å². The standard InChI is InChI=1S/C21H24N4O2/c1-2-16-12-22-21(23-13-16)27-18-7-5-10-25(14-18)20(26)15-24-11-9-17-6-3-4-8-19(17)24/h3-4,6,8-9,11-13,18H,2,5,7,10,14-15H2,1H3. The molecule has 0 radical (unpaired) electrons. The highest BCUT2D eigenvalue weighted by atomic mass is 16.5. The Kier molecular flexibility index (Phi) is 5.05. The van der Waals surface area contributed by atoms with E-state index in [-0.39, 0.29) is 12.0 Å². The maximum Gasteiger partial charge on any atom is 0.316 e. The van der Waals surface area contributed by atoms with Crippen molar-refractivity contribution in [1.29, 1.82) is 0 Å². The van der Waals surface area contributed by atoms with Crippen LogP contribution in [-0.4, -0.2) is 44.5 Å². The molecule has 1 saturated heterocycles. The number of hydrogen-bond acceptors (Lipinski definition) is 4. The van der Waals surface area contributed by atoms with Crippen molar-refractivity contribution in [1.82, 2.24) is 19.4 Å². The number of aryl methyl sites for hydroxylation is 1. The molecule has 0 saturated carbocycles. The topological polar surface area (TPSA) is 60.2 Å². The Hall–Kier alpha value is -2.89. The monoisotopic (exact) mass is 364 g/mol. The van der Waals surface area contributed by atoms with Gasteiger partial charge in [0.25, 0.3) is 0 Å². The predicted octanol–water partition coefficient (Wildman–Crippen LogP) is 3.06. The van der Waals surface area contributed by atoms with Gasteiger partial charge in [-0.2, -0.15) is 0 Å². The first-order valence-corrected chi connectivity index (χ1v) is 9.52. The van der Waals surface area contributed by atoms with Gasteiger partial charge in [-0.05, 0) is 42.3 Å². The van der Waals surface area contributed by atoms with Crippen LogP contribution in [0.4, 0.5) is 0 Å². The highest BCUT2D eigenvalue weighted by Gasteiger charge is 2.25. The maximum absolute atomic E-state index is 12.8. The average molecular weight is 364 g/mol. The second-order valence-electron chi connectivity index (χ2n) is 6.95. The van der Waals surface area contributed by atoms with Crippen LogP contribution in [0.3, 0.4) is 0 Å². The lowest BCUT2D eigenvalue weighted by atomic mass is 10.1. The third-order valence-electron chi connectivity index (χ3n) is 5.08. The average Bonchev–Trinajstić information content (AvgIpc) is 3.12. The molecule has 3 heterocycles. The quantitative estimate of drug-likeness (QED) is 0.698.